The largest absolute Gasteiger partial charge is 0.392 e. The highest BCUT2D eigenvalue weighted by Gasteiger charge is 2.37. The van der Waals surface area contributed by atoms with Gasteiger partial charge in [-0.2, -0.15) is 11.8 Å². The fraction of sp³-hybridized carbons (Fsp3) is 0.429. The highest BCUT2D eigenvalue weighted by Crippen LogP contribution is 2.35. The molecule has 0 radical (unpaired) electrons. The van der Waals surface area contributed by atoms with E-state index < -0.39 is 0 Å². The first-order valence-corrected chi connectivity index (χ1v) is 8.81. The predicted molar refractivity (Wildman–Crippen MR) is 92.3 cm³/mol. The molecule has 1 saturated heterocycles. The van der Waals surface area contributed by atoms with Crippen molar-refractivity contribution in [3.63, 3.8) is 0 Å². The number of nitrogens with two attached hydrogens (primary N) is 1. The molecule has 0 saturated carbocycles. The number of carbonyl (C=O) groups is 1. The van der Waals surface area contributed by atoms with Crippen LogP contribution in [0.15, 0.2) is 28.7 Å². The van der Waals surface area contributed by atoms with Crippen molar-refractivity contribution in [1.29, 1.82) is 0 Å². The van der Waals surface area contributed by atoms with Crippen molar-refractivity contribution in [3.05, 3.63) is 34.3 Å². The number of hydrogen-bond donors (Lipinski definition) is 1. The number of carbonyl (C=O) groups excluding carboxylic acids is 1. The van der Waals surface area contributed by atoms with Crippen LogP contribution in [-0.4, -0.2) is 39.9 Å². The van der Waals surface area contributed by atoms with E-state index in [9.17, 15) is 4.79 Å². The van der Waals surface area contributed by atoms with Crippen LogP contribution in [0.5, 0.6) is 0 Å². The summed E-state index contributed by atoms with van der Waals surface area (Å²) in [6.07, 6.45) is 3.68. The minimum atomic E-state index is -0.147. The summed E-state index contributed by atoms with van der Waals surface area (Å²) in [5, 5.41) is 0. The third-order valence-corrected chi connectivity index (χ3v) is 6.25. The molecule has 1 aromatic rings. The molecule has 1 aliphatic heterocycles. The number of thiocarbonyl (C=S) groups is 1. The maximum Gasteiger partial charge on any atom is 0.253 e. The lowest BCUT2D eigenvalue weighted by molar-refractivity contribution is 0.0719. The summed E-state index contributed by atoms with van der Waals surface area (Å²) in [6.45, 7) is 1.40. The predicted octanol–water partition coefficient (Wildman–Crippen LogP) is 3.07. The Labute approximate surface area is 137 Å². The number of rotatable bonds is 3. The zero-order valence-corrected chi connectivity index (χ0v) is 14.5. The second-order valence-corrected chi connectivity index (χ2v) is 7.41. The molecule has 1 aromatic carbocycles. The molecule has 1 aliphatic rings. The normalized spacial score (nSPS) is 17.8. The van der Waals surface area contributed by atoms with Crippen LogP contribution in [-0.2, 0) is 0 Å². The van der Waals surface area contributed by atoms with Crippen molar-refractivity contribution in [2.45, 2.75) is 17.6 Å². The van der Waals surface area contributed by atoms with Gasteiger partial charge in [0, 0.05) is 23.1 Å². The molecule has 108 valence electrons. The Hall–Kier alpha value is -0.590. The van der Waals surface area contributed by atoms with Crippen LogP contribution in [0.25, 0.3) is 0 Å². The molecule has 0 bridgehead atoms. The maximum atomic E-state index is 12.4. The van der Waals surface area contributed by atoms with Gasteiger partial charge in [0.15, 0.2) is 0 Å². The minimum Gasteiger partial charge on any atom is -0.392 e. The van der Waals surface area contributed by atoms with Gasteiger partial charge in [0.25, 0.3) is 5.91 Å². The van der Waals surface area contributed by atoms with Gasteiger partial charge < -0.3 is 10.6 Å². The molecule has 2 N–H and O–H groups in total. The molecule has 1 fully saturated rings. The molecule has 1 amide bonds. The van der Waals surface area contributed by atoms with Gasteiger partial charge in [0.2, 0.25) is 0 Å². The van der Waals surface area contributed by atoms with Crippen molar-refractivity contribution in [2.75, 3.05) is 19.3 Å². The molecule has 0 unspecified atom stereocenters. The quantitative estimate of drug-likeness (QED) is 0.828. The number of thioether (sulfide) groups is 1. The fourth-order valence-electron chi connectivity index (χ4n) is 2.40. The summed E-state index contributed by atoms with van der Waals surface area (Å²) < 4.78 is 0.828. The standard InChI is InChI=1S/C14H17BrN2OS2/c1-20-14(13(16)19)6-8-17(9-7-14)12(18)10-2-4-11(15)5-3-10/h2-5H,6-9H2,1H3,(H2,16,19). The van der Waals surface area contributed by atoms with E-state index in [1.54, 1.807) is 11.8 Å². The van der Waals surface area contributed by atoms with Gasteiger partial charge in [-0.3, -0.25) is 4.79 Å². The molecule has 0 aliphatic carbocycles. The van der Waals surface area contributed by atoms with Gasteiger partial charge in [-0.25, -0.2) is 0 Å². The first kappa shape index (κ1) is 15.8. The lowest BCUT2D eigenvalue weighted by atomic mass is 9.95. The van der Waals surface area contributed by atoms with Gasteiger partial charge in [-0.05, 0) is 43.4 Å². The van der Waals surface area contributed by atoms with E-state index in [2.05, 4.69) is 15.9 Å². The minimum absolute atomic E-state index is 0.0788. The summed E-state index contributed by atoms with van der Waals surface area (Å²) in [6, 6.07) is 7.46. The first-order chi connectivity index (χ1) is 9.48. The molecule has 2 rings (SSSR count). The highest BCUT2D eigenvalue weighted by molar-refractivity contribution is 9.10. The van der Waals surface area contributed by atoms with Gasteiger partial charge >= 0.3 is 0 Å². The van der Waals surface area contributed by atoms with Crippen LogP contribution in [0.3, 0.4) is 0 Å². The lowest BCUT2D eigenvalue weighted by Gasteiger charge is -2.40. The van der Waals surface area contributed by atoms with Crippen molar-refractivity contribution in [3.8, 4) is 0 Å². The Kier molecular flexibility index (Phi) is 5.09. The number of likely N-dealkylation sites (tertiary alicyclic amines) is 1. The number of piperidine rings is 1. The Balaban J connectivity index is 2.05. The highest BCUT2D eigenvalue weighted by atomic mass is 79.9. The van der Waals surface area contributed by atoms with E-state index in [-0.39, 0.29) is 10.7 Å². The SMILES string of the molecule is CSC1(C(N)=S)CCN(C(=O)c2ccc(Br)cc2)CC1. The van der Waals surface area contributed by atoms with Crippen LogP contribution < -0.4 is 5.73 Å². The fourth-order valence-corrected chi connectivity index (χ4v) is 3.91. The smallest absolute Gasteiger partial charge is 0.253 e. The van der Waals surface area contributed by atoms with Gasteiger partial charge in [0.05, 0.1) is 9.74 Å². The van der Waals surface area contributed by atoms with E-state index >= 15 is 0 Å². The molecule has 0 spiro atoms. The lowest BCUT2D eigenvalue weighted by Crippen LogP contribution is -2.50. The zero-order valence-electron chi connectivity index (χ0n) is 11.3. The van der Waals surface area contributed by atoms with E-state index in [1.165, 1.54) is 0 Å². The van der Waals surface area contributed by atoms with E-state index in [0.717, 1.165) is 22.9 Å². The maximum absolute atomic E-state index is 12.4. The summed E-state index contributed by atoms with van der Waals surface area (Å²) in [5.74, 6) is 0.0788. The number of halogens is 1. The summed E-state index contributed by atoms with van der Waals surface area (Å²) in [4.78, 5) is 14.9. The van der Waals surface area contributed by atoms with Crippen molar-refractivity contribution >= 4 is 50.8 Å². The molecular formula is C14H17BrN2OS2. The second kappa shape index (κ2) is 6.45. The summed E-state index contributed by atoms with van der Waals surface area (Å²) in [5.41, 5.74) is 6.59. The molecule has 0 atom stereocenters. The molecule has 6 heteroatoms. The summed E-state index contributed by atoms with van der Waals surface area (Å²) in [7, 11) is 0. The number of nitrogens with zero attached hydrogens (tertiary/aromatic N) is 1. The van der Waals surface area contributed by atoms with Crippen molar-refractivity contribution in [2.24, 2.45) is 5.73 Å². The van der Waals surface area contributed by atoms with Crippen molar-refractivity contribution in [1.82, 2.24) is 4.90 Å². The Morgan fingerprint density at radius 1 is 1.35 bits per heavy atom. The van der Waals surface area contributed by atoms with Crippen LogP contribution in [0, 0.1) is 0 Å². The zero-order chi connectivity index (χ0) is 14.8. The molecule has 20 heavy (non-hydrogen) atoms. The van der Waals surface area contributed by atoms with Crippen LogP contribution in [0.2, 0.25) is 0 Å². The molecular weight excluding hydrogens is 356 g/mol. The average Bonchev–Trinajstić information content (AvgIpc) is 2.47. The average molecular weight is 373 g/mol. The number of amides is 1. The van der Waals surface area contributed by atoms with Crippen LogP contribution >= 0.6 is 39.9 Å². The van der Waals surface area contributed by atoms with Crippen molar-refractivity contribution < 1.29 is 4.79 Å². The number of hydrogen-bond acceptors (Lipinski definition) is 3. The van der Waals surface area contributed by atoms with Gasteiger partial charge in [-0.15, -0.1) is 0 Å². The molecule has 3 nitrogen and oxygen atoms in total. The second-order valence-electron chi connectivity index (χ2n) is 4.86. The van der Waals surface area contributed by atoms with Crippen LogP contribution in [0.4, 0.5) is 0 Å². The topological polar surface area (TPSA) is 46.3 Å². The first-order valence-electron chi connectivity index (χ1n) is 6.38. The third-order valence-electron chi connectivity index (χ3n) is 3.79. The Morgan fingerprint density at radius 2 is 1.90 bits per heavy atom. The molecule has 1 heterocycles. The third kappa shape index (κ3) is 3.18. The van der Waals surface area contributed by atoms with Crippen LogP contribution in [0.1, 0.15) is 23.2 Å². The van der Waals surface area contributed by atoms with E-state index in [0.29, 0.717) is 18.1 Å². The summed E-state index contributed by atoms with van der Waals surface area (Å²) >= 11 is 10.3. The molecule has 0 aromatic heterocycles. The van der Waals surface area contributed by atoms with Gasteiger partial charge in [0.1, 0.15) is 0 Å². The Morgan fingerprint density at radius 3 is 2.35 bits per heavy atom. The van der Waals surface area contributed by atoms with E-state index in [4.69, 9.17) is 18.0 Å². The Bertz CT molecular complexity index is 510. The van der Waals surface area contributed by atoms with Gasteiger partial charge in [-0.1, -0.05) is 28.1 Å². The number of benzene rings is 1. The van der Waals surface area contributed by atoms with E-state index in [1.807, 2.05) is 35.4 Å². The monoisotopic (exact) mass is 372 g/mol.